The smallest absolute Gasteiger partial charge is 0.124 e. The van der Waals surface area contributed by atoms with Gasteiger partial charge in [0.15, 0.2) is 0 Å². The molecule has 110 valence electrons. The van der Waals surface area contributed by atoms with Crippen molar-refractivity contribution in [1.82, 2.24) is 5.32 Å². The summed E-state index contributed by atoms with van der Waals surface area (Å²) in [4.78, 5) is 0. The lowest BCUT2D eigenvalue weighted by atomic mass is 9.92. The fourth-order valence-electron chi connectivity index (χ4n) is 2.01. The van der Waals surface area contributed by atoms with Crippen LogP contribution in [0.5, 0.6) is 5.75 Å². The Morgan fingerprint density at radius 2 is 2.10 bits per heavy atom. The number of ether oxygens (including phenoxy) is 1. The van der Waals surface area contributed by atoms with Crippen molar-refractivity contribution in [2.24, 2.45) is 5.41 Å². The van der Waals surface area contributed by atoms with Crippen molar-refractivity contribution in [2.75, 3.05) is 13.2 Å². The molecule has 0 heterocycles. The zero-order valence-corrected chi connectivity index (χ0v) is 13.3. The van der Waals surface area contributed by atoms with Crippen LogP contribution in [0.4, 0.5) is 0 Å². The van der Waals surface area contributed by atoms with Crippen LogP contribution in [0, 0.1) is 23.7 Å². The summed E-state index contributed by atoms with van der Waals surface area (Å²) < 4.78 is 5.93. The van der Waals surface area contributed by atoms with Crippen LogP contribution in [0.1, 0.15) is 51.3 Å². The van der Waals surface area contributed by atoms with Gasteiger partial charge in [-0.15, -0.1) is 0 Å². The molecule has 1 N–H and O–H groups in total. The number of aryl methyl sites for hydroxylation is 1. The molecule has 0 aliphatic rings. The maximum absolute atomic E-state index is 9.03. The first kappa shape index (κ1) is 16.5. The van der Waals surface area contributed by atoms with Crippen LogP contribution in [-0.4, -0.2) is 13.2 Å². The number of hydrogen-bond donors (Lipinski definition) is 1. The molecule has 0 aliphatic heterocycles. The summed E-state index contributed by atoms with van der Waals surface area (Å²) in [5.41, 5.74) is 2.02. The highest BCUT2D eigenvalue weighted by molar-refractivity contribution is 5.39. The third kappa shape index (κ3) is 4.86. The molecule has 1 unspecified atom stereocenters. The van der Waals surface area contributed by atoms with Gasteiger partial charge in [-0.1, -0.05) is 19.1 Å². The number of nitrogens with zero attached hydrogens (tertiary/aromatic N) is 1. The summed E-state index contributed by atoms with van der Waals surface area (Å²) in [6, 6.07) is 8.86. The molecule has 0 saturated carbocycles. The zero-order chi connectivity index (χ0) is 15.2. The van der Waals surface area contributed by atoms with Gasteiger partial charge in [-0.3, -0.25) is 0 Å². The van der Waals surface area contributed by atoms with E-state index in [0.29, 0.717) is 6.61 Å². The average molecular weight is 274 g/mol. The number of rotatable bonds is 7. The van der Waals surface area contributed by atoms with E-state index in [1.165, 1.54) is 11.1 Å². The van der Waals surface area contributed by atoms with Crippen LogP contribution < -0.4 is 10.1 Å². The van der Waals surface area contributed by atoms with Gasteiger partial charge in [-0.2, -0.15) is 5.26 Å². The second-order valence-corrected chi connectivity index (χ2v) is 5.91. The van der Waals surface area contributed by atoms with Crippen molar-refractivity contribution in [2.45, 2.75) is 47.1 Å². The first-order chi connectivity index (χ1) is 9.39. The molecule has 1 aromatic carbocycles. The van der Waals surface area contributed by atoms with E-state index in [4.69, 9.17) is 10.00 Å². The molecule has 1 rings (SSSR count). The minimum Gasteiger partial charge on any atom is -0.493 e. The second-order valence-electron chi connectivity index (χ2n) is 5.91. The van der Waals surface area contributed by atoms with Gasteiger partial charge in [0.2, 0.25) is 0 Å². The van der Waals surface area contributed by atoms with Crippen molar-refractivity contribution in [3.63, 3.8) is 0 Å². The van der Waals surface area contributed by atoms with Gasteiger partial charge in [0.25, 0.3) is 0 Å². The summed E-state index contributed by atoms with van der Waals surface area (Å²) >= 11 is 0. The molecule has 0 amide bonds. The minimum atomic E-state index is -0.336. The van der Waals surface area contributed by atoms with Crippen LogP contribution in [-0.2, 0) is 0 Å². The number of nitriles is 1. The molecule has 1 aromatic rings. The van der Waals surface area contributed by atoms with E-state index in [9.17, 15) is 0 Å². The molecule has 0 radical (unpaired) electrons. The van der Waals surface area contributed by atoms with E-state index >= 15 is 0 Å². The quantitative estimate of drug-likeness (QED) is 0.818. The Hall–Kier alpha value is -1.53. The van der Waals surface area contributed by atoms with Crippen molar-refractivity contribution in [3.8, 4) is 11.8 Å². The fraction of sp³-hybridized carbons (Fsp3) is 0.588. The third-order valence-corrected chi connectivity index (χ3v) is 3.43. The van der Waals surface area contributed by atoms with Crippen LogP contribution in [0.25, 0.3) is 0 Å². The van der Waals surface area contributed by atoms with Crippen molar-refractivity contribution in [1.29, 1.82) is 5.26 Å². The first-order valence-electron chi connectivity index (χ1n) is 7.27. The normalized spacial score (nSPS) is 12.8. The van der Waals surface area contributed by atoms with Gasteiger partial charge in [0.1, 0.15) is 5.75 Å². The third-order valence-electron chi connectivity index (χ3n) is 3.43. The van der Waals surface area contributed by atoms with E-state index < -0.39 is 0 Å². The Balaban J connectivity index is 2.78. The molecule has 0 aliphatic carbocycles. The molecular weight excluding hydrogens is 248 g/mol. The van der Waals surface area contributed by atoms with Crippen LogP contribution in [0.15, 0.2) is 18.2 Å². The van der Waals surface area contributed by atoms with Crippen molar-refractivity contribution in [3.05, 3.63) is 29.3 Å². The van der Waals surface area contributed by atoms with E-state index in [0.717, 1.165) is 18.7 Å². The lowest BCUT2D eigenvalue weighted by molar-refractivity contribution is 0.260. The van der Waals surface area contributed by atoms with E-state index in [-0.39, 0.29) is 11.5 Å². The fourth-order valence-corrected chi connectivity index (χ4v) is 2.01. The Bertz CT molecular complexity index is 474. The highest BCUT2D eigenvalue weighted by Gasteiger charge is 2.17. The lowest BCUT2D eigenvalue weighted by Gasteiger charge is -2.20. The molecule has 20 heavy (non-hydrogen) atoms. The predicted octanol–water partition coefficient (Wildman–Crippen LogP) is 3.98. The van der Waals surface area contributed by atoms with Gasteiger partial charge in [-0.25, -0.2) is 0 Å². The van der Waals surface area contributed by atoms with Crippen LogP contribution >= 0.6 is 0 Å². The first-order valence-corrected chi connectivity index (χ1v) is 7.27. The minimum absolute atomic E-state index is 0.263. The number of hydrogen-bond acceptors (Lipinski definition) is 3. The Labute approximate surface area is 123 Å². The molecule has 3 nitrogen and oxygen atoms in total. The highest BCUT2D eigenvalue weighted by atomic mass is 16.5. The van der Waals surface area contributed by atoms with Gasteiger partial charge in [0, 0.05) is 11.6 Å². The Kier molecular flexibility index (Phi) is 6.04. The zero-order valence-electron chi connectivity index (χ0n) is 13.3. The molecule has 0 spiro atoms. The van der Waals surface area contributed by atoms with E-state index in [1.807, 2.05) is 13.8 Å². The largest absolute Gasteiger partial charge is 0.493 e. The number of nitrogens with one attached hydrogen (secondary N) is 1. The molecule has 1 atom stereocenters. The maximum atomic E-state index is 9.03. The maximum Gasteiger partial charge on any atom is 0.124 e. The molecule has 3 heteroatoms. The second kappa shape index (κ2) is 7.31. The summed E-state index contributed by atoms with van der Waals surface area (Å²) in [5, 5.41) is 12.4. The van der Waals surface area contributed by atoms with Gasteiger partial charge >= 0.3 is 0 Å². The molecule has 0 saturated heterocycles. The number of benzene rings is 1. The van der Waals surface area contributed by atoms with E-state index in [1.54, 1.807) is 0 Å². The monoisotopic (exact) mass is 274 g/mol. The van der Waals surface area contributed by atoms with Gasteiger partial charge in [-0.05, 0) is 52.3 Å². The van der Waals surface area contributed by atoms with Crippen LogP contribution in [0.2, 0.25) is 0 Å². The summed E-state index contributed by atoms with van der Waals surface area (Å²) in [7, 11) is 0. The van der Waals surface area contributed by atoms with Crippen molar-refractivity contribution >= 4 is 0 Å². The van der Waals surface area contributed by atoms with Gasteiger partial charge < -0.3 is 10.1 Å². The van der Waals surface area contributed by atoms with Crippen LogP contribution in [0.3, 0.4) is 0 Å². The highest BCUT2D eigenvalue weighted by Crippen LogP contribution is 2.27. The van der Waals surface area contributed by atoms with Crippen molar-refractivity contribution < 1.29 is 4.74 Å². The standard InChI is InChI=1S/C17H26N2O/c1-6-19-14(3)15-8-7-13(2)11-16(15)20-10-9-17(4,5)12-18/h7-8,11,14,19H,6,9-10H2,1-5H3. The SMILES string of the molecule is CCNC(C)c1ccc(C)cc1OCCC(C)(C)C#N. The lowest BCUT2D eigenvalue weighted by Crippen LogP contribution is -2.19. The molecule has 0 aromatic heterocycles. The van der Waals surface area contributed by atoms with E-state index in [2.05, 4.69) is 50.4 Å². The predicted molar refractivity (Wildman–Crippen MR) is 82.8 cm³/mol. The molecule has 0 fully saturated rings. The molecular formula is C17H26N2O. The topological polar surface area (TPSA) is 45.0 Å². The summed E-state index contributed by atoms with van der Waals surface area (Å²) in [5.74, 6) is 0.923. The molecule has 0 bridgehead atoms. The average Bonchev–Trinajstić information content (AvgIpc) is 2.39. The Morgan fingerprint density at radius 3 is 2.70 bits per heavy atom. The Morgan fingerprint density at radius 1 is 1.40 bits per heavy atom. The summed E-state index contributed by atoms with van der Waals surface area (Å²) in [6.45, 7) is 11.7. The van der Waals surface area contributed by atoms with Gasteiger partial charge in [0.05, 0.1) is 18.1 Å². The summed E-state index contributed by atoms with van der Waals surface area (Å²) in [6.07, 6.45) is 0.729.